The van der Waals surface area contributed by atoms with Crippen molar-refractivity contribution in [2.45, 2.75) is 33.7 Å². The first-order chi connectivity index (χ1) is 10.0. The third kappa shape index (κ3) is 8.48. The van der Waals surface area contributed by atoms with Crippen LogP contribution in [0.15, 0.2) is 30.3 Å². The molecule has 0 aromatic heterocycles. The lowest BCUT2D eigenvalue weighted by Gasteiger charge is -2.25. The van der Waals surface area contributed by atoms with Gasteiger partial charge < -0.3 is 15.4 Å². The molecule has 0 aliphatic heterocycles. The molecule has 2 N–H and O–H groups in total. The van der Waals surface area contributed by atoms with Gasteiger partial charge in [-0.3, -0.25) is 4.79 Å². The number of hydrogen-bond donors (Lipinski definition) is 2. The molecule has 0 unspecified atom stereocenters. The zero-order chi connectivity index (χ0) is 15.6. The van der Waals surface area contributed by atoms with Gasteiger partial charge in [-0.05, 0) is 12.5 Å². The van der Waals surface area contributed by atoms with E-state index in [9.17, 15) is 4.79 Å². The maximum atomic E-state index is 11.3. The van der Waals surface area contributed by atoms with Crippen LogP contribution in [0.5, 0.6) is 0 Å². The number of carbonyl (C=O) groups is 1. The Balaban J connectivity index is 2.14. The summed E-state index contributed by atoms with van der Waals surface area (Å²) >= 11 is 0. The largest absolute Gasteiger partial charge is 0.380 e. The standard InChI is InChI=1S/C17H28N2O2/c1-4-19-16(20)10-11-21-14-17(2,3)13-18-12-15-8-6-5-7-9-15/h5-9,18H,4,10-14H2,1-3H3,(H,19,20). The smallest absolute Gasteiger partial charge is 0.222 e. The Kier molecular flexibility index (Phi) is 8.01. The molecule has 0 aliphatic carbocycles. The molecule has 0 saturated heterocycles. The van der Waals surface area contributed by atoms with Gasteiger partial charge >= 0.3 is 0 Å². The second-order valence-electron chi connectivity index (χ2n) is 6.01. The molecule has 0 fully saturated rings. The Labute approximate surface area is 128 Å². The minimum Gasteiger partial charge on any atom is -0.380 e. The number of hydrogen-bond acceptors (Lipinski definition) is 3. The van der Waals surface area contributed by atoms with Gasteiger partial charge in [0.15, 0.2) is 0 Å². The molecule has 1 rings (SSSR count). The SMILES string of the molecule is CCNC(=O)CCOCC(C)(C)CNCc1ccccc1. The van der Waals surface area contributed by atoms with Crippen LogP contribution in [0.2, 0.25) is 0 Å². The summed E-state index contributed by atoms with van der Waals surface area (Å²) in [5.41, 5.74) is 1.33. The van der Waals surface area contributed by atoms with Gasteiger partial charge in [-0.15, -0.1) is 0 Å². The average molecular weight is 292 g/mol. The molecule has 0 bridgehead atoms. The molecule has 118 valence electrons. The van der Waals surface area contributed by atoms with E-state index >= 15 is 0 Å². The zero-order valence-electron chi connectivity index (χ0n) is 13.4. The minimum absolute atomic E-state index is 0.0516. The summed E-state index contributed by atoms with van der Waals surface area (Å²) < 4.78 is 5.62. The van der Waals surface area contributed by atoms with Crippen LogP contribution < -0.4 is 10.6 Å². The van der Waals surface area contributed by atoms with Gasteiger partial charge in [-0.1, -0.05) is 44.2 Å². The molecule has 1 aromatic rings. The average Bonchev–Trinajstić information content (AvgIpc) is 2.45. The predicted molar refractivity (Wildman–Crippen MR) is 86.0 cm³/mol. The molecule has 1 aromatic carbocycles. The predicted octanol–water partition coefficient (Wildman–Crippen LogP) is 2.35. The zero-order valence-corrected chi connectivity index (χ0v) is 13.4. The molecule has 0 atom stereocenters. The first-order valence-corrected chi connectivity index (χ1v) is 7.62. The highest BCUT2D eigenvalue weighted by atomic mass is 16.5. The van der Waals surface area contributed by atoms with E-state index in [1.807, 2.05) is 25.1 Å². The molecule has 0 radical (unpaired) electrons. The number of carbonyl (C=O) groups excluding carboxylic acids is 1. The molecule has 4 heteroatoms. The topological polar surface area (TPSA) is 50.4 Å². The van der Waals surface area contributed by atoms with Crippen LogP contribution in [0.25, 0.3) is 0 Å². The molecule has 0 saturated carbocycles. The summed E-state index contributed by atoms with van der Waals surface area (Å²) in [7, 11) is 0. The number of benzene rings is 1. The second-order valence-corrected chi connectivity index (χ2v) is 6.01. The third-order valence-corrected chi connectivity index (χ3v) is 3.12. The quantitative estimate of drug-likeness (QED) is 0.651. The highest BCUT2D eigenvalue weighted by Crippen LogP contribution is 2.14. The highest BCUT2D eigenvalue weighted by molar-refractivity contribution is 5.75. The van der Waals surface area contributed by atoms with Crippen LogP contribution in [0.4, 0.5) is 0 Å². The normalized spacial score (nSPS) is 11.4. The number of amides is 1. The summed E-state index contributed by atoms with van der Waals surface area (Å²) in [4.78, 5) is 11.3. The fourth-order valence-electron chi connectivity index (χ4n) is 1.99. The highest BCUT2D eigenvalue weighted by Gasteiger charge is 2.17. The molecule has 0 spiro atoms. The van der Waals surface area contributed by atoms with Gasteiger partial charge in [0.2, 0.25) is 5.91 Å². The van der Waals surface area contributed by atoms with Gasteiger partial charge in [-0.25, -0.2) is 0 Å². The number of nitrogens with one attached hydrogen (secondary N) is 2. The molecular weight excluding hydrogens is 264 g/mol. The summed E-state index contributed by atoms with van der Waals surface area (Å²) in [5.74, 6) is 0.0532. The monoisotopic (exact) mass is 292 g/mol. The first-order valence-electron chi connectivity index (χ1n) is 7.62. The Bertz CT molecular complexity index is 405. The van der Waals surface area contributed by atoms with Crippen molar-refractivity contribution in [3.63, 3.8) is 0 Å². The van der Waals surface area contributed by atoms with Crippen molar-refractivity contribution >= 4 is 5.91 Å². The second kappa shape index (κ2) is 9.53. The fourth-order valence-corrected chi connectivity index (χ4v) is 1.99. The van der Waals surface area contributed by atoms with Crippen molar-refractivity contribution in [2.75, 3.05) is 26.3 Å². The molecule has 21 heavy (non-hydrogen) atoms. The van der Waals surface area contributed by atoms with E-state index in [4.69, 9.17) is 4.74 Å². The molecule has 4 nitrogen and oxygen atoms in total. The van der Waals surface area contributed by atoms with Gasteiger partial charge in [-0.2, -0.15) is 0 Å². The van der Waals surface area contributed by atoms with Crippen LogP contribution in [0.3, 0.4) is 0 Å². The van der Waals surface area contributed by atoms with Crippen molar-refractivity contribution in [1.29, 1.82) is 0 Å². The van der Waals surface area contributed by atoms with E-state index in [1.54, 1.807) is 0 Å². The maximum Gasteiger partial charge on any atom is 0.222 e. The van der Waals surface area contributed by atoms with Crippen LogP contribution in [-0.4, -0.2) is 32.2 Å². The number of rotatable bonds is 10. The summed E-state index contributed by atoms with van der Waals surface area (Å²) in [5, 5.41) is 6.22. The van der Waals surface area contributed by atoms with Crippen LogP contribution in [0, 0.1) is 5.41 Å². The minimum atomic E-state index is 0.0516. The summed E-state index contributed by atoms with van der Waals surface area (Å²) in [6.45, 7) is 9.79. The van der Waals surface area contributed by atoms with Crippen molar-refractivity contribution in [2.24, 2.45) is 5.41 Å². The Hall–Kier alpha value is -1.39. The van der Waals surface area contributed by atoms with E-state index in [1.165, 1.54) is 5.56 Å². The lowest BCUT2D eigenvalue weighted by Crippen LogP contribution is -2.33. The van der Waals surface area contributed by atoms with Crippen molar-refractivity contribution in [1.82, 2.24) is 10.6 Å². The van der Waals surface area contributed by atoms with Gasteiger partial charge in [0.05, 0.1) is 13.2 Å². The fraction of sp³-hybridized carbons (Fsp3) is 0.588. The first kappa shape index (κ1) is 17.7. The van der Waals surface area contributed by atoms with Gasteiger partial charge in [0.25, 0.3) is 0 Å². The molecule has 0 aliphatic rings. The van der Waals surface area contributed by atoms with Crippen molar-refractivity contribution in [3.8, 4) is 0 Å². The molecule has 0 heterocycles. The lowest BCUT2D eigenvalue weighted by molar-refractivity contribution is -0.122. The Morgan fingerprint density at radius 3 is 2.62 bits per heavy atom. The van der Waals surface area contributed by atoms with Gasteiger partial charge in [0, 0.05) is 31.5 Å². The van der Waals surface area contributed by atoms with Crippen LogP contribution >= 0.6 is 0 Å². The Morgan fingerprint density at radius 1 is 1.24 bits per heavy atom. The van der Waals surface area contributed by atoms with E-state index in [-0.39, 0.29) is 11.3 Å². The van der Waals surface area contributed by atoms with E-state index < -0.39 is 0 Å². The van der Waals surface area contributed by atoms with Gasteiger partial charge in [0.1, 0.15) is 0 Å². The van der Waals surface area contributed by atoms with E-state index in [0.29, 0.717) is 26.2 Å². The Morgan fingerprint density at radius 2 is 1.95 bits per heavy atom. The molecule has 1 amide bonds. The third-order valence-electron chi connectivity index (χ3n) is 3.12. The molecular formula is C17H28N2O2. The van der Waals surface area contributed by atoms with Crippen LogP contribution in [0.1, 0.15) is 32.8 Å². The van der Waals surface area contributed by atoms with Crippen LogP contribution in [-0.2, 0) is 16.1 Å². The maximum absolute atomic E-state index is 11.3. The van der Waals surface area contributed by atoms with E-state index in [0.717, 1.165) is 13.1 Å². The number of ether oxygens (including phenoxy) is 1. The van der Waals surface area contributed by atoms with Crippen molar-refractivity contribution in [3.05, 3.63) is 35.9 Å². The summed E-state index contributed by atoms with van der Waals surface area (Å²) in [6, 6.07) is 10.3. The van der Waals surface area contributed by atoms with E-state index in [2.05, 4.69) is 36.6 Å². The lowest BCUT2D eigenvalue weighted by atomic mass is 9.95. The van der Waals surface area contributed by atoms with Crippen molar-refractivity contribution < 1.29 is 9.53 Å². The summed E-state index contributed by atoms with van der Waals surface area (Å²) in [6.07, 6.45) is 0.432.